The van der Waals surface area contributed by atoms with Gasteiger partial charge in [-0.1, -0.05) is 39.7 Å². The lowest BCUT2D eigenvalue weighted by molar-refractivity contribution is -0.116. The fourth-order valence-corrected chi connectivity index (χ4v) is 2.83. The Morgan fingerprint density at radius 1 is 1.12 bits per heavy atom. The first kappa shape index (κ1) is 20.6. The molecule has 0 aliphatic carbocycles. The first-order valence-electron chi connectivity index (χ1n) is 7.43. The third-order valence-corrected chi connectivity index (χ3v) is 4.39. The fraction of sp³-hybridized carbons (Fsp3) is 0.0556. The van der Waals surface area contributed by atoms with Gasteiger partial charge in [0, 0.05) is 28.1 Å². The molecule has 1 amide bonds. The zero-order chi connectivity index (χ0) is 17.8. The van der Waals surface area contributed by atoms with E-state index in [2.05, 4.69) is 31.2 Å². The van der Waals surface area contributed by atoms with Crippen molar-refractivity contribution in [2.75, 3.05) is 11.1 Å². The van der Waals surface area contributed by atoms with Crippen molar-refractivity contribution in [3.05, 3.63) is 81.7 Å². The van der Waals surface area contributed by atoms with Crippen LogP contribution in [0.5, 0.6) is 0 Å². The number of nitrogens with two attached hydrogens (primary N) is 1. The number of rotatable bonds is 4. The summed E-state index contributed by atoms with van der Waals surface area (Å²) in [7, 11) is 0. The lowest BCUT2D eigenvalue weighted by Crippen LogP contribution is -2.23. The summed E-state index contributed by atoms with van der Waals surface area (Å²) in [5.41, 5.74) is 7.97. The molecule has 0 radical (unpaired) electrons. The van der Waals surface area contributed by atoms with Crippen LogP contribution in [0.1, 0.15) is 17.0 Å². The van der Waals surface area contributed by atoms with Crippen LogP contribution in [0, 0.1) is 0 Å². The summed E-state index contributed by atoms with van der Waals surface area (Å²) in [6, 6.07) is 14.3. The Bertz CT molecular complexity index is 890. The zero-order valence-electron chi connectivity index (χ0n) is 13.4. The number of nitrogen functional groups attached to an aromatic ring is 1. The summed E-state index contributed by atoms with van der Waals surface area (Å²) in [5, 5.41) is 3.26. The molecule has 3 aromatic rings. The predicted molar refractivity (Wildman–Crippen MR) is 118 cm³/mol. The molecule has 3 N–H and O–H groups in total. The molecule has 5 nitrogen and oxygen atoms in total. The summed E-state index contributed by atoms with van der Waals surface area (Å²) in [4.78, 5) is 21.1. The lowest BCUT2D eigenvalue weighted by atomic mass is 9.91. The number of anilines is 2. The molecule has 2 aromatic heterocycles. The average Bonchev–Trinajstić information content (AvgIpc) is 2.60. The quantitative estimate of drug-likeness (QED) is 0.362. The maximum Gasteiger partial charge on any atom is 0.236 e. The normalized spacial score (nSPS) is 11.3. The molecule has 26 heavy (non-hydrogen) atoms. The standard InChI is InChI=1S/C18H14BrClN4O.HI/c19-12-4-6-13(7-5-12)24-18(25)16(11-3-8-15(20)23-10-11)14-2-1-9-22-17(14)21;/h1-10,16H,(H2,21,22)(H,24,25);1H/t16-;/m0./s1. The van der Waals surface area contributed by atoms with E-state index in [4.69, 9.17) is 17.3 Å². The van der Waals surface area contributed by atoms with Crippen LogP contribution in [0.2, 0.25) is 5.15 Å². The molecule has 0 unspecified atom stereocenters. The van der Waals surface area contributed by atoms with Crippen molar-refractivity contribution < 1.29 is 4.79 Å². The van der Waals surface area contributed by atoms with Crippen molar-refractivity contribution >= 4 is 68.9 Å². The third kappa shape index (κ3) is 4.93. The number of pyridine rings is 2. The predicted octanol–water partition coefficient (Wildman–Crippen LogP) is 4.86. The summed E-state index contributed by atoms with van der Waals surface area (Å²) >= 11 is 9.24. The number of benzene rings is 1. The molecule has 8 heteroatoms. The van der Waals surface area contributed by atoms with Gasteiger partial charge in [0.15, 0.2) is 0 Å². The van der Waals surface area contributed by atoms with E-state index < -0.39 is 5.92 Å². The highest BCUT2D eigenvalue weighted by Gasteiger charge is 2.25. The maximum atomic E-state index is 13.0. The zero-order valence-corrected chi connectivity index (χ0v) is 18.1. The second kappa shape index (κ2) is 9.29. The monoisotopic (exact) mass is 544 g/mol. The summed E-state index contributed by atoms with van der Waals surface area (Å²) in [5.74, 6) is -0.582. The number of amides is 1. The van der Waals surface area contributed by atoms with Gasteiger partial charge >= 0.3 is 0 Å². The van der Waals surface area contributed by atoms with Crippen LogP contribution in [0.3, 0.4) is 0 Å². The molecule has 0 saturated carbocycles. The van der Waals surface area contributed by atoms with Gasteiger partial charge < -0.3 is 11.1 Å². The van der Waals surface area contributed by atoms with Crippen LogP contribution in [0.4, 0.5) is 11.5 Å². The van der Waals surface area contributed by atoms with Crippen LogP contribution in [0.25, 0.3) is 0 Å². The molecule has 0 saturated heterocycles. The van der Waals surface area contributed by atoms with Crippen LogP contribution < -0.4 is 11.1 Å². The Balaban J connectivity index is 0.00000243. The first-order valence-corrected chi connectivity index (χ1v) is 8.60. The SMILES string of the molecule is I.Nc1ncccc1[C@@H](C(=O)Nc1ccc(Br)cc1)c1ccc(Cl)nc1. The first-order chi connectivity index (χ1) is 12.0. The van der Waals surface area contributed by atoms with Crippen LogP contribution in [0.15, 0.2) is 65.4 Å². The van der Waals surface area contributed by atoms with Crippen molar-refractivity contribution in [1.82, 2.24) is 9.97 Å². The van der Waals surface area contributed by atoms with E-state index in [1.54, 1.807) is 36.7 Å². The highest BCUT2D eigenvalue weighted by atomic mass is 127. The largest absolute Gasteiger partial charge is 0.383 e. The van der Waals surface area contributed by atoms with Gasteiger partial charge in [0.2, 0.25) is 5.91 Å². The minimum absolute atomic E-state index is 0. The smallest absolute Gasteiger partial charge is 0.236 e. The van der Waals surface area contributed by atoms with Crippen molar-refractivity contribution in [2.45, 2.75) is 5.92 Å². The molecule has 1 aromatic carbocycles. The number of nitrogens with one attached hydrogen (secondary N) is 1. The van der Waals surface area contributed by atoms with E-state index in [-0.39, 0.29) is 29.9 Å². The van der Waals surface area contributed by atoms with E-state index in [0.717, 1.165) is 4.47 Å². The van der Waals surface area contributed by atoms with E-state index in [1.165, 1.54) is 0 Å². The van der Waals surface area contributed by atoms with Crippen molar-refractivity contribution in [2.24, 2.45) is 0 Å². The molecule has 3 rings (SSSR count). The second-order valence-corrected chi connectivity index (χ2v) is 6.62. The fourth-order valence-electron chi connectivity index (χ4n) is 2.45. The number of aromatic nitrogens is 2. The molecule has 0 spiro atoms. The van der Waals surface area contributed by atoms with Gasteiger partial charge in [0.1, 0.15) is 11.0 Å². The van der Waals surface area contributed by atoms with Crippen molar-refractivity contribution in [1.29, 1.82) is 0 Å². The number of carbonyl (C=O) groups is 1. The summed E-state index contributed by atoms with van der Waals surface area (Å²) < 4.78 is 0.931. The number of halogens is 3. The molecule has 0 aliphatic heterocycles. The van der Waals surface area contributed by atoms with Crippen LogP contribution in [-0.2, 0) is 4.79 Å². The number of nitrogens with zero attached hydrogens (tertiary/aromatic N) is 2. The highest BCUT2D eigenvalue weighted by Crippen LogP contribution is 2.29. The Morgan fingerprint density at radius 2 is 1.85 bits per heavy atom. The van der Waals surface area contributed by atoms with Gasteiger partial charge in [-0.2, -0.15) is 0 Å². The topological polar surface area (TPSA) is 80.9 Å². The second-order valence-electron chi connectivity index (χ2n) is 5.32. The Kier molecular flexibility index (Phi) is 7.36. The van der Waals surface area contributed by atoms with E-state index in [1.807, 2.05) is 24.3 Å². The van der Waals surface area contributed by atoms with Gasteiger partial charge in [-0.15, -0.1) is 24.0 Å². The average molecular weight is 546 g/mol. The maximum absolute atomic E-state index is 13.0. The van der Waals surface area contributed by atoms with E-state index in [9.17, 15) is 4.79 Å². The van der Waals surface area contributed by atoms with Crippen LogP contribution >= 0.6 is 51.5 Å². The van der Waals surface area contributed by atoms with E-state index >= 15 is 0 Å². The molecule has 0 bridgehead atoms. The van der Waals surface area contributed by atoms with Crippen molar-refractivity contribution in [3.8, 4) is 0 Å². The molecule has 0 fully saturated rings. The third-order valence-electron chi connectivity index (χ3n) is 3.64. The number of hydrogen-bond acceptors (Lipinski definition) is 4. The Labute approximate surface area is 181 Å². The molecule has 0 aliphatic rings. The van der Waals surface area contributed by atoms with Gasteiger partial charge in [0.25, 0.3) is 0 Å². The summed E-state index contributed by atoms with van der Waals surface area (Å²) in [6.45, 7) is 0. The van der Waals surface area contributed by atoms with Crippen molar-refractivity contribution in [3.63, 3.8) is 0 Å². The highest BCUT2D eigenvalue weighted by molar-refractivity contribution is 14.0. The summed E-state index contributed by atoms with van der Waals surface area (Å²) in [6.07, 6.45) is 3.16. The van der Waals surface area contributed by atoms with E-state index in [0.29, 0.717) is 27.8 Å². The molecular weight excluding hydrogens is 530 g/mol. The van der Waals surface area contributed by atoms with Gasteiger partial charge in [-0.05, 0) is 42.0 Å². The number of hydrogen-bond donors (Lipinski definition) is 2. The Morgan fingerprint density at radius 3 is 2.46 bits per heavy atom. The van der Waals surface area contributed by atoms with Gasteiger partial charge in [-0.25, -0.2) is 9.97 Å². The molecule has 134 valence electrons. The molecule has 1 atom stereocenters. The Hall–Kier alpha value is -1.71. The molecule has 2 heterocycles. The number of carbonyl (C=O) groups excluding carboxylic acids is 1. The molecular formula is C18H15BrClIN4O. The van der Waals surface area contributed by atoms with Crippen LogP contribution in [-0.4, -0.2) is 15.9 Å². The lowest BCUT2D eigenvalue weighted by Gasteiger charge is -2.18. The van der Waals surface area contributed by atoms with Gasteiger partial charge in [-0.3, -0.25) is 4.79 Å². The minimum atomic E-state index is -0.651. The minimum Gasteiger partial charge on any atom is -0.383 e. The van der Waals surface area contributed by atoms with Gasteiger partial charge in [0.05, 0.1) is 5.92 Å².